The number of hydrogen-bond acceptors (Lipinski definition) is 3. The minimum Gasteiger partial charge on any atom is -0.339 e. The molecule has 2 heterocycles. The lowest BCUT2D eigenvalue weighted by Crippen LogP contribution is -2.50. The van der Waals surface area contributed by atoms with Crippen LogP contribution in [0.2, 0.25) is 0 Å². The second-order valence-electron chi connectivity index (χ2n) is 8.39. The van der Waals surface area contributed by atoms with E-state index in [1.54, 1.807) is 30.3 Å². The summed E-state index contributed by atoms with van der Waals surface area (Å²) in [5, 5.41) is 10.6. The first-order valence-electron chi connectivity index (χ1n) is 10.8. The molecule has 3 aromatic rings. The number of nitrogens with one attached hydrogen (secondary N) is 2. The van der Waals surface area contributed by atoms with Gasteiger partial charge >= 0.3 is 0 Å². The lowest BCUT2D eigenvalue weighted by molar-refractivity contribution is -0.118. The molecule has 0 bridgehead atoms. The summed E-state index contributed by atoms with van der Waals surface area (Å²) in [6, 6.07) is 12.5. The van der Waals surface area contributed by atoms with Crippen LogP contribution < -0.4 is 10.6 Å². The molecule has 2 N–H and O–H groups in total. The first-order chi connectivity index (χ1) is 15.3. The average molecular weight is 435 g/mol. The van der Waals surface area contributed by atoms with Crippen molar-refractivity contribution in [2.75, 3.05) is 5.32 Å². The number of fused-ring (bicyclic) bond motifs is 1. The molecule has 1 aromatic heterocycles. The highest BCUT2D eigenvalue weighted by molar-refractivity contribution is 6.04. The van der Waals surface area contributed by atoms with Crippen molar-refractivity contribution in [2.24, 2.45) is 0 Å². The summed E-state index contributed by atoms with van der Waals surface area (Å²) in [7, 11) is 0. The van der Waals surface area contributed by atoms with E-state index >= 15 is 0 Å². The standard InChI is InChI=1S/C25H27FN4O2/c1-5-15(3)30-23-20(16(4)29-30)21(17-9-11-19(26)12-10-17)22(25(32)28-23)27-24(31)18-8-6-7-14(2)13-18/h6-13,15,21-22H,5H2,1-4H3,(H,27,31)(H,28,32)/t15?,21-,22-/m0/s1. The Kier molecular flexibility index (Phi) is 5.82. The largest absolute Gasteiger partial charge is 0.339 e. The Hall–Kier alpha value is -3.48. The first kappa shape index (κ1) is 21.7. The third-order valence-corrected chi connectivity index (χ3v) is 6.10. The van der Waals surface area contributed by atoms with Gasteiger partial charge in [0.2, 0.25) is 5.91 Å². The van der Waals surface area contributed by atoms with E-state index < -0.39 is 12.0 Å². The highest BCUT2D eigenvalue weighted by atomic mass is 19.1. The van der Waals surface area contributed by atoms with E-state index in [0.717, 1.165) is 28.8 Å². The number of hydrogen-bond donors (Lipinski definition) is 2. The molecular weight excluding hydrogens is 407 g/mol. The van der Waals surface area contributed by atoms with Crippen LogP contribution in [0.1, 0.15) is 65.0 Å². The van der Waals surface area contributed by atoms with E-state index in [1.807, 2.05) is 31.5 Å². The Labute approximate surface area is 186 Å². The summed E-state index contributed by atoms with van der Waals surface area (Å²) >= 11 is 0. The van der Waals surface area contributed by atoms with Gasteiger partial charge in [-0.1, -0.05) is 36.8 Å². The summed E-state index contributed by atoms with van der Waals surface area (Å²) in [5.74, 6) is -0.876. The molecule has 32 heavy (non-hydrogen) atoms. The zero-order valence-electron chi connectivity index (χ0n) is 18.6. The zero-order valence-corrected chi connectivity index (χ0v) is 18.6. The third kappa shape index (κ3) is 3.90. The third-order valence-electron chi connectivity index (χ3n) is 6.10. The number of rotatable bonds is 5. The van der Waals surface area contributed by atoms with Crippen LogP contribution in [-0.2, 0) is 4.79 Å². The van der Waals surface area contributed by atoms with Crippen molar-refractivity contribution in [3.05, 3.63) is 82.3 Å². The summed E-state index contributed by atoms with van der Waals surface area (Å²) in [6.07, 6.45) is 0.845. The van der Waals surface area contributed by atoms with Crippen molar-refractivity contribution in [1.82, 2.24) is 15.1 Å². The molecule has 2 amide bonds. The molecule has 0 saturated heterocycles. The molecule has 166 valence electrons. The van der Waals surface area contributed by atoms with Crippen LogP contribution in [0.25, 0.3) is 0 Å². The van der Waals surface area contributed by atoms with Gasteiger partial charge in [0.15, 0.2) is 0 Å². The van der Waals surface area contributed by atoms with E-state index in [1.165, 1.54) is 12.1 Å². The fourth-order valence-electron chi connectivity index (χ4n) is 4.25. The molecule has 0 saturated carbocycles. The highest BCUT2D eigenvalue weighted by Gasteiger charge is 2.42. The van der Waals surface area contributed by atoms with Gasteiger partial charge in [-0.25, -0.2) is 9.07 Å². The number of aromatic nitrogens is 2. The maximum absolute atomic E-state index is 13.7. The van der Waals surface area contributed by atoms with Gasteiger partial charge in [0.05, 0.1) is 11.7 Å². The summed E-state index contributed by atoms with van der Waals surface area (Å²) in [5.41, 5.74) is 3.78. The van der Waals surface area contributed by atoms with Gasteiger partial charge in [-0.2, -0.15) is 5.10 Å². The predicted molar refractivity (Wildman–Crippen MR) is 121 cm³/mol. The first-order valence-corrected chi connectivity index (χ1v) is 10.8. The predicted octanol–water partition coefficient (Wildman–Crippen LogP) is 4.49. The topological polar surface area (TPSA) is 76.0 Å². The maximum atomic E-state index is 13.7. The molecule has 1 aliphatic heterocycles. The van der Waals surface area contributed by atoms with Gasteiger partial charge in [0.1, 0.15) is 17.7 Å². The number of nitrogens with zero attached hydrogens (tertiary/aromatic N) is 2. The Morgan fingerprint density at radius 3 is 2.59 bits per heavy atom. The number of amides is 2. The maximum Gasteiger partial charge on any atom is 0.251 e. The van der Waals surface area contributed by atoms with Crippen molar-refractivity contribution in [2.45, 2.75) is 52.1 Å². The number of carbonyl (C=O) groups is 2. The molecule has 3 atom stereocenters. The van der Waals surface area contributed by atoms with Crippen molar-refractivity contribution in [1.29, 1.82) is 0 Å². The van der Waals surface area contributed by atoms with Crippen LogP contribution in [0.3, 0.4) is 0 Å². The van der Waals surface area contributed by atoms with Gasteiger partial charge in [-0.3, -0.25) is 9.59 Å². The summed E-state index contributed by atoms with van der Waals surface area (Å²) in [4.78, 5) is 26.3. The van der Waals surface area contributed by atoms with Crippen LogP contribution in [0, 0.1) is 19.7 Å². The molecule has 0 aliphatic carbocycles. The van der Waals surface area contributed by atoms with Crippen molar-refractivity contribution in [3.8, 4) is 0 Å². The van der Waals surface area contributed by atoms with Gasteiger partial charge in [-0.15, -0.1) is 0 Å². The monoisotopic (exact) mass is 434 g/mol. The molecule has 2 aromatic carbocycles. The van der Waals surface area contributed by atoms with Crippen LogP contribution in [0.5, 0.6) is 0 Å². The minimum atomic E-state index is -0.866. The Bertz CT molecular complexity index is 1170. The molecule has 7 heteroatoms. The fourth-order valence-corrected chi connectivity index (χ4v) is 4.25. The van der Waals surface area contributed by atoms with Gasteiger partial charge in [0.25, 0.3) is 5.91 Å². The number of carbonyl (C=O) groups excluding carboxylic acids is 2. The number of anilines is 1. The van der Waals surface area contributed by atoms with E-state index in [9.17, 15) is 14.0 Å². The van der Waals surface area contributed by atoms with Gasteiger partial charge < -0.3 is 10.6 Å². The van der Waals surface area contributed by atoms with Crippen molar-refractivity contribution < 1.29 is 14.0 Å². The molecule has 1 unspecified atom stereocenters. The Morgan fingerprint density at radius 2 is 1.94 bits per heavy atom. The molecular formula is C25H27FN4O2. The summed E-state index contributed by atoms with van der Waals surface area (Å²) < 4.78 is 15.5. The highest BCUT2D eigenvalue weighted by Crippen LogP contribution is 2.41. The molecule has 0 fully saturated rings. The quantitative estimate of drug-likeness (QED) is 0.621. The molecule has 6 nitrogen and oxygen atoms in total. The second-order valence-corrected chi connectivity index (χ2v) is 8.39. The van der Waals surface area contributed by atoms with Crippen LogP contribution in [0.4, 0.5) is 10.2 Å². The minimum absolute atomic E-state index is 0.0880. The number of halogens is 1. The van der Waals surface area contributed by atoms with Gasteiger partial charge in [-0.05, 0) is 57.0 Å². The molecule has 4 rings (SSSR count). The molecule has 0 radical (unpaired) electrons. The second kappa shape index (κ2) is 8.57. The molecule has 0 spiro atoms. The van der Waals surface area contributed by atoms with E-state index in [2.05, 4.69) is 22.7 Å². The lowest BCUT2D eigenvalue weighted by atomic mass is 9.81. The summed E-state index contributed by atoms with van der Waals surface area (Å²) in [6.45, 7) is 7.90. The fraction of sp³-hybridized carbons (Fsp3) is 0.320. The van der Waals surface area contributed by atoms with Crippen molar-refractivity contribution in [3.63, 3.8) is 0 Å². The van der Waals surface area contributed by atoms with Crippen LogP contribution >= 0.6 is 0 Å². The number of benzene rings is 2. The van der Waals surface area contributed by atoms with Gasteiger partial charge in [0, 0.05) is 17.0 Å². The Balaban J connectivity index is 1.81. The van der Waals surface area contributed by atoms with E-state index in [4.69, 9.17) is 0 Å². The normalized spacial score (nSPS) is 18.6. The van der Waals surface area contributed by atoms with E-state index in [0.29, 0.717) is 11.4 Å². The average Bonchev–Trinajstić information content (AvgIpc) is 3.10. The SMILES string of the molecule is CCC(C)n1nc(C)c2c1NC(=O)[C@@H](NC(=O)c1cccc(C)c1)[C@H]2c1ccc(F)cc1. The lowest BCUT2D eigenvalue weighted by Gasteiger charge is -2.33. The zero-order chi connectivity index (χ0) is 23.0. The smallest absolute Gasteiger partial charge is 0.251 e. The van der Waals surface area contributed by atoms with Crippen LogP contribution in [-0.4, -0.2) is 27.6 Å². The van der Waals surface area contributed by atoms with E-state index in [-0.39, 0.29) is 23.7 Å². The number of aryl methyl sites for hydroxylation is 2. The Morgan fingerprint density at radius 1 is 1.22 bits per heavy atom. The van der Waals surface area contributed by atoms with Crippen LogP contribution in [0.15, 0.2) is 48.5 Å². The molecule has 1 aliphatic rings. The van der Waals surface area contributed by atoms with Crippen molar-refractivity contribution >= 4 is 17.6 Å².